The Bertz CT molecular complexity index is 401. The Balaban J connectivity index is 2.85. The molecule has 0 saturated heterocycles. The molecule has 0 saturated carbocycles. The van der Waals surface area contributed by atoms with Crippen molar-refractivity contribution >= 4 is 17.6 Å². The van der Waals surface area contributed by atoms with E-state index in [9.17, 15) is 14.0 Å². The first-order valence-corrected chi connectivity index (χ1v) is 5.21. The van der Waals surface area contributed by atoms with Gasteiger partial charge in [-0.15, -0.1) is 0 Å². The van der Waals surface area contributed by atoms with Crippen molar-refractivity contribution in [3.63, 3.8) is 0 Å². The molecule has 0 spiro atoms. The third-order valence-electron chi connectivity index (χ3n) is 2.29. The third-order valence-corrected chi connectivity index (χ3v) is 2.29. The van der Waals surface area contributed by atoms with E-state index in [1.54, 1.807) is 0 Å². The van der Waals surface area contributed by atoms with Gasteiger partial charge in [0, 0.05) is 5.69 Å². The Morgan fingerprint density at radius 1 is 1.06 bits per heavy atom. The molecule has 0 aliphatic heterocycles. The summed E-state index contributed by atoms with van der Waals surface area (Å²) >= 11 is 0. The second-order valence-corrected chi connectivity index (χ2v) is 3.48. The summed E-state index contributed by atoms with van der Waals surface area (Å²) in [6, 6.07) is 5.44. The smallest absolute Gasteiger partial charge is 0.325 e. The lowest BCUT2D eigenvalue weighted by Gasteiger charge is -2.22. The minimum Gasteiger partial charge on any atom is -0.468 e. The van der Waals surface area contributed by atoms with Crippen LogP contribution in [0.25, 0.3) is 0 Å². The van der Waals surface area contributed by atoms with E-state index in [4.69, 9.17) is 0 Å². The van der Waals surface area contributed by atoms with Crippen LogP contribution in [0.3, 0.4) is 0 Å². The van der Waals surface area contributed by atoms with Crippen LogP contribution in [0.1, 0.15) is 0 Å². The van der Waals surface area contributed by atoms with Gasteiger partial charge in [0.15, 0.2) is 0 Å². The van der Waals surface area contributed by atoms with Crippen LogP contribution in [0.5, 0.6) is 0 Å². The number of hydrogen-bond donors (Lipinski definition) is 0. The summed E-state index contributed by atoms with van der Waals surface area (Å²) < 4.78 is 21.9. The van der Waals surface area contributed by atoms with E-state index in [-0.39, 0.29) is 13.1 Å². The van der Waals surface area contributed by atoms with Gasteiger partial charge in [-0.05, 0) is 24.3 Å². The lowest BCUT2D eigenvalue weighted by atomic mass is 10.2. The first-order chi connectivity index (χ1) is 8.56. The van der Waals surface area contributed by atoms with Crippen molar-refractivity contribution in [2.75, 3.05) is 32.2 Å². The second kappa shape index (κ2) is 6.58. The average molecular weight is 255 g/mol. The van der Waals surface area contributed by atoms with Gasteiger partial charge >= 0.3 is 11.9 Å². The quantitative estimate of drug-likeness (QED) is 0.734. The van der Waals surface area contributed by atoms with Crippen molar-refractivity contribution in [3.8, 4) is 0 Å². The number of methoxy groups -OCH3 is 2. The average Bonchev–Trinajstić information content (AvgIpc) is 2.38. The van der Waals surface area contributed by atoms with E-state index in [1.165, 1.54) is 43.4 Å². The Morgan fingerprint density at radius 3 is 1.89 bits per heavy atom. The number of nitrogens with zero attached hydrogens (tertiary/aromatic N) is 1. The fourth-order valence-electron chi connectivity index (χ4n) is 1.33. The van der Waals surface area contributed by atoms with Gasteiger partial charge in [0.2, 0.25) is 0 Å². The van der Waals surface area contributed by atoms with Crippen molar-refractivity contribution in [1.29, 1.82) is 0 Å². The minimum atomic E-state index is -0.497. The molecule has 0 heterocycles. The van der Waals surface area contributed by atoms with Crippen molar-refractivity contribution in [2.45, 2.75) is 0 Å². The molecule has 1 rings (SSSR count). The van der Waals surface area contributed by atoms with Gasteiger partial charge in [-0.3, -0.25) is 9.59 Å². The lowest BCUT2D eigenvalue weighted by molar-refractivity contribution is -0.140. The van der Waals surface area contributed by atoms with Crippen LogP contribution < -0.4 is 4.90 Å². The highest BCUT2D eigenvalue weighted by Crippen LogP contribution is 2.14. The van der Waals surface area contributed by atoms with E-state index < -0.39 is 17.8 Å². The maximum Gasteiger partial charge on any atom is 0.325 e. The molecule has 0 atom stereocenters. The van der Waals surface area contributed by atoms with E-state index in [0.717, 1.165) is 0 Å². The van der Waals surface area contributed by atoms with Crippen LogP contribution in [0.2, 0.25) is 0 Å². The van der Waals surface area contributed by atoms with Gasteiger partial charge in [0.05, 0.1) is 14.2 Å². The first-order valence-electron chi connectivity index (χ1n) is 5.21. The summed E-state index contributed by atoms with van der Waals surface area (Å²) in [7, 11) is 2.51. The van der Waals surface area contributed by atoms with Crippen molar-refractivity contribution < 1.29 is 23.5 Å². The van der Waals surface area contributed by atoms with Crippen LogP contribution in [-0.2, 0) is 19.1 Å². The molecule has 18 heavy (non-hydrogen) atoms. The summed E-state index contributed by atoms with van der Waals surface area (Å²) in [6.07, 6.45) is 0. The number of carbonyl (C=O) groups excluding carboxylic acids is 2. The summed E-state index contributed by atoms with van der Waals surface area (Å²) in [6.45, 7) is -0.228. The van der Waals surface area contributed by atoms with Crippen molar-refractivity contribution in [1.82, 2.24) is 0 Å². The molecule has 1 aromatic carbocycles. The predicted octanol–water partition coefficient (Wildman–Crippen LogP) is 0.978. The Morgan fingerprint density at radius 2 is 1.50 bits per heavy atom. The van der Waals surface area contributed by atoms with E-state index in [0.29, 0.717) is 5.69 Å². The molecule has 0 aromatic heterocycles. The molecule has 0 amide bonds. The highest BCUT2D eigenvalue weighted by atomic mass is 19.1. The molecule has 98 valence electrons. The van der Waals surface area contributed by atoms with Crippen molar-refractivity contribution in [3.05, 3.63) is 30.1 Å². The monoisotopic (exact) mass is 255 g/mol. The number of anilines is 1. The molecule has 1 aromatic rings. The molecule has 5 nitrogen and oxygen atoms in total. The van der Waals surface area contributed by atoms with Crippen LogP contribution in [-0.4, -0.2) is 39.2 Å². The molecular formula is C12H14FNO4. The molecule has 0 unspecified atom stereocenters. The van der Waals surface area contributed by atoms with Crippen LogP contribution in [0, 0.1) is 5.82 Å². The number of hydrogen-bond acceptors (Lipinski definition) is 5. The molecule has 0 radical (unpaired) electrons. The zero-order chi connectivity index (χ0) is 13.5. The van der Waals surface area contributed by atoms with E-state index in [1.807, 2.05) is 0 Å². The van der Waals surface area contributed by atoms with Gasteiger partial charge < -0.3 is 14.4 Å². The summed E-state index contributed by atoms with van der Waals surface area (Å²) in [5.74, 6) is -1.39. The maximum absolute atomic E-state index is 12.8. The van der Waals surface area contributed by atoms with E-state index in [2.05, 4.69) is 9.47 Å². The molecule has 0 N–H and O–H groups in total. The number of esters is 2. The van der Waals surface area contributed by atoms with Gasteiger partial charge in [0.1, 0.15) is 18.9 Å². The van der Waals surface area contributed by atoms with Gasteiger partial charge in [-0.25, -0.2) is 4.39 Å². The number of ether oxygens (including phenoxy) is 2. The molecule has 0 aliphatic carbocycles. The number of carbonyl (C=O) groups is 2. The summed E-state index contributed by atoms with van der Waals surface area (Å²) in [4.78, 5) is 23.9. The van der Waals surface area contributed by atoms with Gasteiger partial charge in [0.25, 0.3) is 0 Å². The Hall–Kier alpha value is -2.11. The largest absolute Gasteiger partial charge is 0.468 e. The summed E-state index contributed by atoms with van der Waals surface area (Å²) in [5, 5.41) is 0. The fourth-order valence-corrected chi connectivity index (χ4v) is 1.33. The topological polar surface area (TPSA) is 55.8 Å². The summed E-state index contributed by atoms with van der Waals surface area (Å²) in [5.41, 5.74) is 0.534. The van der Waals surface area contributed by atoms with Crippen LogP contribution >= 0.6 is 0 Å². The normalized spacial score (nSPS) is 9.72. The number of halogens is 1. The Labute approximate surface area is 104 Å². The second-order valence-electron chi connectivity index (χ2n) is 3.48. The molecule has 0 bridgehead atoms. The predicted molar refractivity (Wildman–Crippen MR) is 62.6 cm³/mol. The molecule has 0 fully saturated rings. The maximum atomic E-state index is 12.8. The zero-order valence-corrected chi connectivity index (χ0v) is 10.2. The highest BCUT2D eigenvalue weighted by Gasteiger charge is 2.15. The molecular weight excluding hydrogens is 241 g/mol. The van der Waals surface area contributed by atoms with Gasteiger partial charge in [-0.1, -0.05) is 0 Å². The van der Waals surface area contributed by atoms with Crippen LogP contribution in [0.4, 0.5) is 10.1 Å². The van der Waals surface area contributed by atoms with E-state index >= 15 is 0 Å². The fraction of sp³-hybridized carbons (Fsp3) is 0.333. The number of rotatable bonds is 5. The first kappa shape index (κ1) is 14.0. The standard InChI is InChI=1S/C12H14FNO4/c1-17-11(15)7-14(8-12(16)18-2)10-5-3-9(13)4-6-10/h3-6H,7-8H2,1-2H3. The van der Waals surface area contributed by atoms with Crippen LogP contribution in [0.15, 0.2) is 24.3 Å². The highest BCUT2D eigenvalue weighted by molar-refractivity contribution is 5.81. The SMILES string of the molecule is COC(=O)CN(CC(=O)OC)c1ccc(F)cc1. The minimum absolute atomic E-state index is 0.114. The van der Waals surface area contributed by atoms with Gasteiger partial charge in [-0.2, -0.15) is 0 Å². The molecule has 0 aliphatic rings. The Kier molecular flexibility index (Phi) is 5.10. The number of benzene rings is 1. The lowest BCUT2D eigenvalue weighted by Crippen LogP contribution is -2.35. The molecule has 6 heteroatoms. The zero-order valence-electron chi connectivity index (χ0n) is 10.2. The van der Waals surface area contributed by atoms with Crippen molar-refractivity contribution in [2.24, 2.45) is 0 Å². The third kappa shape index (κ3) is 4.04.